The molecule has 1 unspecified atom stereocenters. The Hall–Kier alpha value is -0.860. The van der Waals surface area contributed by atoms with Crippen LogP contribution in [-0.4, -0.2) is 18.5 Å². The van der Waals surface area contributed by atoms with Gasteiger partial charge in [-0.05, 0) is 30.5 Å². The molecule has 0 saturated carbocycles. The summed E-state index contributed by atoms with van der Waals surface area (Å²) in [5, 5.41) is 0. The van der Waals surface area contributed by atoms with Gasteiger partial charge in [0.25, 0.3) is 0 Å². The molecule has 1 aromatic rings. The van der Waals surface area contributed by atoms with E-state index in [1.54, 1.807) is 0 Å². The summed E-state index contributed by atoms with van der Waals surface area (Å²) in [5.74, 6) is 0.773. The third-order valence-electron chi connectivity index (χ3n) is 3.18. The van der Waals surface area contributed by atoms with Gasteiger partial charge < -0.3 is 10.6 Å². The van der Waals surface area contributed by atoms with Crippen molar-refractivity contribution in [1.82, 2.24) is 4.90 Å². The third-order valence-corrected chi connectivity index (χ3v) is 3.18. The average molecular weight is 234 g/mol. The highest BCUT2D eigenvalue weighted by Crippen LogP contribution is 2.13. The first-order chi connectivity index (χ1) is 8.17. The Morgan fingerprint density at radius 3 is 2.47 bits per heavy atom. The number of benzene rings is 1. The minimum atomic E-state index is 0.633. The Morgan fingerprint density at radius 2 is 1.88 bits per heavy atom. The van der Waals surface area contributed by atoms with E-state index in [0.29, 0.717) is 6.54 Å². The Bertz CT molecular complexity index is 322. The van der Waals surface area contributed by atoms with Gasteiger partial charge in [0.05, 0.1) is 0 Å². The van der Waals surface area contributed by atoms with Crippen LogP contribution in [0.5, 0.6) is 0 Å². The standard InChI is InChI=1S/C15H26N2/c1-4-7-13(2)11-17(3)12-15-9-6-5-8-14(15)10-16/h5-6,8-9,13H,4,7,10-12,16H2,1-3H3. The van der Waals surface area contributed by atoms with Crippen LogP contribution < -0.4 is 5.73 Å². The second-order valence-electron chi connectivity index (χ2n) is 5.06. The molecule has 1 aromatic carbocycles. The number of rotatable bonds is 7. The van der Waals surface area contributed by atoms with Crippen LogP contribution in [0.4, 0.5) is 0 Å². The van der Waals surface area contributed by atoms with Crippen molar-refractivity contribution in [3.63, 3.8) is 0 Å². The number of hydrogen-bond acceptors (Lipinski definition) is 2. The van der Waals surface area contributed by atoms with Gasteiger partial charge in [0, 0.05) is 19.6 Å². The maximum absolute atomic E-state index is 5.76. The summed E-state index contributed by atoms with van der Waals surface area (Å²) in [7, 11) is 2.19. The molecule has 0 aromatic heterocycles. The summed E-state index contributed by atoms with van der Waals surface area (Å²) in [6, 6.07) is 8.46. The summed E-state index contributed by atoms with van der Waals surface area (Å²) in [5.41, 5.74) is 8.39. The van der Waals surface area contributed by atoms with Crippen LogP contribution in [0, 0.1) is 5.92 Å². The van der Waals surface area contributed by atoms with Gasteiger partial charge in [-0.1, -0.05) is 44.5 Å². The minimum absolute atomic E-state index is 0.633. The molecule has 0 aliphatic carbocycles. The highest BCUT2D eigenvalue weighted by atomic mass is 15.1. The SMILES string of the molecule is CCCC(C)CN(C)Cc1ccccc1CN. The molecule has 96 valence electrons. The summed E-state index contributed by atoms with van der Waals surface area (Å²) in [6.45, 7) is 7.37. The molecule has 2 nitrogen and oxygen atoms in total. The van der Waals surface area contributed by atoms with Crippen LogP contribution in [0.3, 0.4) is 0 Å². The minimum Gasteiger partial charge on any atom is -0.326 e. The molecule has 0 spiro atoms. The monoisotopic (exact) mass is 234 g/mol. The highest BCUT2D eigenvalue weighted by molar-refractivity contribution is 5.26. The molecule has 0 heterocycles. The molecular weight excluding hydrogens is 208 g/mol. The topological polar surface area (TPSA) is 29.3 Å². The molecule has 1 rings (SSSR count). The first-order valence-corrected chi connectivity index (χ1v) is 6.62. The van der Waals surface area contributed by atoms with Crippen molar-refractivity contribution < 1.29 is 0 Å². The van der Waals surface area contributed by atoms with Gasteiger partial charge in [-0.25, -0.2) is 0 Å². The predicted molar refractivity (Wildman–Crippen MR) is 74.7 cm³/mol. The van der Waals surface area contributed by atoms with Gasteiger partial charge in [0.2, 0.25) is 0 Å². The lowest BCUT2D eigenvalue weighted by Gasteiger charge is -2.22. The maximum atomic E-state index is 5.76. The van der Waals surface area contributed by atoms with Gasteiger partial charge in [-0.15, -0.1) is 0 Å². The van der Waals surface area contributed by atoms with Crippen LogP contribution in [0.2, 0.25) is 0 Å². The maximum Gasteiger partial charge on any atom is 0.0234 e. The van der Waals surface area contributed by atoms with E-state index < -0.39 is 0 Å². The molecule has 17 heavy (non-hydrogen) atoms. The fourth-order valence-corrected chi connectivity index (χ4v) is 2.38. The molecule has 1 atom stereocenters. The van der Waals surface area contributed by atoms with Crippen LogP contribution in [-0.2, 0) is 13.1 Å². The van der Waals surface area contributed by atoms with E-state index in [0.717, 1.165) is 19.0 Å². The third kappa shape index (κ3) is 4.88. The van der Waals surface area contributed by atoms with Crippen molar-refractivity contribution in [2.24, 2.45) is 11.7 Å². The molecule has 0 radical (unpaired) electrons. The van der Waals surface area contributed by atoms with Gasteiger partial charge in [0.15, 0.2) is 0 Å². The molecule has 0 bridgehead atoms. The van der Waals surface area contributed by atoms with Crippen LogP contribution in [0.15, 0.2) is 24.3 Å². The van der Waals surface area contributed by atoms with Crippen molar-refractivity contribution in [3.8, 4) is 0 Å². The van der Waals surface area contributed by atoms with Gasteiger partial charge in [-0.3, -0.25) is 0 Å². The van der Waals surface area contributed by atoms with E-state index >= 15 is 0 Å². The zero-order chi connectivity index (χ0) is 12.7. The number of nitrogens with two attached hydrogens (primary N) is 1. The zero-order valence-corrected chi connectivity index (χ0v) is 11.4. The molecule has 0 aliphatic heterocycles. The molecule has 0 fully saturated rings. The van der Waals surface area contributed by atoms with E-state index in [-0.39, 0.29) is 0 Å². The fraction of sp³-hybridized carbons (Fsp3) is 0.600. The number of nitrogens with zero attached hydrogens (tertiary/aromatic N) is 1. The zero-order valence-electron chi connectivity index (χ0n) is 11.4. The van der Waals surface area contributed by atoms with Crippen LogP contribution >= 0.6 is 0 Å². The lowest BCUT2D eigenvalue weighted by molar-refractivity contribution is 0.270. The lowest BCUT2D eigenvalue weighted by atomic mass is 10.0. The highest BCUT2D eigenvalue weighted by Gasteiger charge is 2.08. The quantitative estimate of drug-likeness (QED) is 0.786. The average Bonchev–Trinajstić information content (AvgIpc) is 2.29. The van der Waals surface area contributed by atoms with Crippen molar-refractivity contribution in [1.29, 1.82) is 0 Å². The van der Waals surface area contributed by atoms with Gasteiger partial charge in [0.1, 0.15) is 0 Å². The lowest BCUT2D eigenvalue weighted by Crippen LogP contribution is -2.24. The van der Waals surface area contributed by atoms with Crippen LogP contribution in [0.1, 0.15) is 37.8 Å². The molecule has 2 heteroatoms. The summed E-state index contributed by atoms with van der Waals surface area (Å²) in [4.78, 5) is 2.40. The van der Waals surface area contributed by atoms with E-state index in [4.69, 9.17) is 5.73 Å². The van der Waals surface area contributed by atoms with Crippen molar-refractivity contribution >= 4 is 0 Å². The summed E-state index contributed by atoms with van der Waals surface area (Å²) < 4.78 is 0. The first kappa shape index (κ1) is 14.2. The molecular formula is C15H26N2. The Balaban J connectivity index is 2.52. The Labute approximate surface area is 106 Å². The number of hydrogen-bond donors (Lipinski definition) is 1. The Morgan fingerprint density at radius 1 is 1.24 bits per heavy atom. The fourth-order valence-electron chi connectivity index (χ4n) is 2.38. The van der Waals surface area contributed by atoms with E-state index in [1.165, 1.54) is 24.0 Å². The van der Waals surface area contributed by atoms with E-state index in [9.17, 15) is 0 Å². The Kier molecular flexibility index (Phi) is 6.23. The molecule has 0 saturated heterocycles. The second kappa shape index (κ2) is 7.46. The second-order valence-corrected chi connectivity index (χ2v) is 5.06. The van der Waals surface area contributed by atoms with Gasteiger partial charge in [-0.2, -0.15) is 0 Å². The summed E-state index contributed by atoms with van der Waals surface area (Å²) >= 11 is 0. The first-order valence-electron chi connectivity index (χ1n) is 6.62. The van der Waals surface area contributed by atoms with E-state index in [1.807, 2.05) is 0 Å². The van der Waals surface area contributed by atoms with Crippen LogP contribution in [0.25, 0.3) is 0 Å². The smallest absolute Gasteiger partial charge is 0.0234 e. The predicted octanol–water partition coefficient (Wildman–Crippen LogP) is 3.01. The van der Waals surface area contributed by atoms with E-state index in [2.05, 4.69) is 50.1 Å². The summed E-state index contributed by atoms with van der Waals surface area (Å²) in [6.07, 6.45) is 2.58. The largest absolute Gasteiger partial charge is 0.326 e. The molecule has 2 N–H and O–H groups in total. The molecule has 0 amide bonds. The van der Waals surface area contributed by atoms with Gasteiger partial charge >= 0.3 is 0 Å². The normalized spacial score (nSPS) is 13.0. The van der Waals surface area contributed by atoms with Crippen molar-refractivity contribution in [2.45, 2.75) is 39.8 Å². The molecule has 0 aliphatic rings. The van der Waals surface area contributed by atoms with Crippen molar-refractivity contribution in [3.05, 3.63) is 35.4 Å². The van der Waals surface area contributed by atoms with Crippen molar-refractivity contribution in [2.75, 3.05) is 13.6 Å².